The second-order valence-corrected chi connectivity index (χ2v) is 9.21. The number of hydrogen-bond acceptors (Lipinski definition) is 4. The van der Waals surface area contributed by atoms with Crippen molar-refractivity contribution in [2.75, 3.05) is 26.3 Å². The Labute approximate surface area is 178 Å². The second kappa shape index (κ2) is 8.67. The highest BCUT2D eigenvalue weighted by Crippen LogP contribution is 2.41. The first-order valence-electron chi connectivity index (χ1n) is 11.6. The molecule has 2 amide bonds. The molecule has 6 heteroatoms. The lowest BCUT2D eigenvalue weighted by Gasteiger charge is -2.38. The van der Waals surface area contributed by atoms with Crippen molar-refractivity contribution in [2.45, 2.75) is 63.3 Å². The highest BCUT2D eigenvalue weighted by atomic mass is 16.7. The van der Waals surface area contributed by atoms with Crippen molar-refractivity contribution in [1.82, 2.24) is 9.80 Å². The van der Waals surface area contributed by atoms with E-state index in [1.165, 1.54) is 6.42 Å². The summed E-state index contributed by atoms with van der Waals surface area (Å²) in [6, 6.07) is 9.35. The maximum atomic E-state index is 13.6. The minimum absolute atomic E-state index is 0.0194. The molecule has 0 N–H and O–H groups in total. The van der Waals surface area contributed by atoms with E-state index >= 15 is 0 Å². The average Bonchev–Trinajstić information content (AvgIpc) is 3.47. The van der Waals surface area contributed by atoms with Crippen LogP contribution in [0.2, 0.25) is 0 Å². The van der Waals surface area contributed by atoms with Gasteiger partial charge in [0.25, 0.3) is 5.91 Å². The largest absolute Gasteiger partial charge is 0.350 e. The van der Waals surface area contributed by atoms with Gasteiger partial charge in [-0.1, -0.05) is 31.0 Å². The van der Waals surface area contributed by atoms with Gasteiger partial charge in [-0.2, -0.15) is 0 Å². The molecule has 3 aliphatic heterocycles. The minimum atomic E-state index is -0.318. The predicted molar refractivity (Wildman–Crippen MR) is 112 cm³/mol. The van der Waals surface area contributed by atoms with Gasteiger partial charge in [-0.15, -0.1) is 0 Å². The van der Waals surface area contributed by atoms with Crippen molar-refractivity contribution in [3.05, 3.63) is 35.9 Å². The number of amides is 2. The Morgan fingerprint density at radius 3 is 2.30 bits per heavy atom. The molecule has 0 spiro atoms. The number of carbonyl (C=O) groups is 2. The molecule has 3 unspecified atom stereocenters. The van der Waals surface area contributed by atoms with Gasteiger partial charge in [0.15, 0.2) is 6.29 Å². The van der Waals surface area contributed by atoms with Crippen molar-refractivity contribution in [1.29, 1.82) is 0 Å². The molecule has 4 aliphatic rings. The molecule has 0 bridgehead atoms. The maximum absolute atomic E-state index is 13.6. The molecule has 3 saturated heterocycles. The molecular weight excluding hydrogens is 380 g/mol. The lowest BCUT2D eigenvalue weighted by Crippen LogP contribution is -2.52. The summed E-state index contributed by atoms with van der Waals surface area (Å²) in [5.41, 5.74) is 0.691. The van der Waals surface area contributed by atoms with Gasteiger partial charge in [-0.3, -0.25) is 9.59 Å². The van der Waals surface area contributed by atoms with E-state index in [9.17, 15) is 9.59 Å². The quantitative estimate of drug-likeness (QED) is 0.766. The fourth-order valence-corrected chi connectivity index (χ4v) is 5.95. The van der Waals surface area contributed by atoms with Gasteiger partial charge in [0.1, 0.15) is 6.04 Å². The number of piperidine rings is 1. The third-order valence-corrected chi connectivity index (χ3v) is 7.51. The fourth-order valence-electron chi connectivity index (χ4n) is 5.95. The summed E-state index contributed by atoms with van der Waals surface area (Å²) < 4.78 is 11.3. The van der Waals surface area contributed by atoms with Crippen molar-refractivity contribution in [3.8, 4) is 0 Å². The lowest BCUT2D eigenvalue weighted by molar-refractivity contribution is -0.141. The van der Waals surface area contributed by atoms with Crippen LogP contribution in [0.5, 0.6) is 0 Å². The summed E-state index contributed by atoms with van der Waals surface area (Å²) in [7, 11) is 0. The molecular formula is C24H32N2O4. The Balaban J connectivity index is 1.31. The Hall–Kier alpha value is -1.92. The number of rotatable bonds is 3. The van der Waals surface area contributed by atoms with E-state index in [2.05, 4.69) is 0 Å². The minimum Gasteiger partial charge on any atom is -0.350 e. The lowest BCUT2D eigenvalue weighted by atomic mass is 9.84. The van der Waals surface area contributed by atoms with Crippen LogP contribution in [0.3, 0.4) is 0 Å². The number of benzene rings is 1. The fraction of sp³-hybridized carbons (Fsp3) is 0.667. The molecule has 1 aromatic rings. The van der Waals surface area contributed by atoms with Crippen molar-refractivity contribution < 1.29 is 19.1 Å². The number of likely N-dealkylation sites (tertiary alicyclic amines) is 2. The van der Waals surface area contributed by atoms with E-state index in [4.69, 9.17) is 9.47 Å². The molecule has 162 valence electrons. The maximum Gasteiger partial charge on any atom is 0.254 e. The average molecular weight is 413 g/mol. The number of carbonyl (C=O) groups excluding carboxylic acids is 2. The van der Waals surface area contributed by atoms with E-state index in [0.29, 0.717) is 30.6 Å². The molecule has 3 atom stereocenters. The molecule has 1 aliphatic carbocycles. The monoisotopic (exact) mass is 412 g/mol. The van der Waals surface area contributed by atoms with Gasteiger partial charge in [0.2, 0.25) is 5.91 Å². The standard InChI is InChI=1S/C24H32N2O4/c27-22(17-6-2-1-3-7-17)26-20-9-5-4-8-19(20)16-21(26)23(28)25-12-10-18(11-13-25)24-29-14-15-30-24/h1-3,6-7,18-21,24H,4-5,8-16H2. The Kier molecular flexibility index (Phi) is 5.79. The van der Waals surface area contributed by atoms with E-state index in [1.54, 1.807) is 0 Å². The van der Waals surface area contributed by atoms with Gasteiger partial charge < -0.3 is 19.3 Å². The van der Waals surface area contributed by atoms with Crippen molar-refractivity contribution in [3.63, 3.8) is 0 Å². The number of nitrogens with zero attached hydrogens (tertiary/aromatic N) is 2. The van der Waals surface area contributed by atoms with Crippen LogP contribution in [0, 0.1) is 11.8 Å². The summed E-state index contributed by atoms with van der Waals surface area (Å²) in [5, 5.41) is 0. The molecule has 6 nitrogen and oxygen atoms in total. The van der Waals surface area contributed by atoms with Crippen LogP contribution in [0.15, 0.2) is 30.3 Å². The Bertz CT molecular complexity index is 756. The zero-order chi connectivity index (χ0) is 20.5. The van der Waals surface area contributed by atoms with Crippen molar-refractivity contribution >= 4 is 11.8 Å². The normalized spacial score (nSPS) is 30.5. The van der Waals surface area contributed by atoms with Crippen LogP contribution in [0.4, 0.5) is 0 Å². The number of fused-ring (bicyclic) bond motifs is 1. The first-order chi connectivity index (χ1) is 14.7. The third-order valence-electron chi connectivity index (χ3n) is 7.51. The van der Waals surface area contributed by atoms with E-state index in [0.717, 1.165) is 51.6 Å². The van der Waals surface area contributed by atoms with Gasteiger partial charge in [0, 0.05) is 30.6 Å². The molecule has 5 rings (SSSR count). The topological polar surface area (TPSA) is 59.1 Å². The molecule has 0 aromatic heterocycles. The Morgan fingerprint density at radius 1 is 0.867 bits per heavy atom. The van der Waals surface area contributed by atoms with E-state index in [-0.39, 0.29) is 30.2 Å². The third kappa shape index (κ3) is 3.76. The van der Waals surface area contributed by atoms with Crippen LogP contribution in [-0.2, 0) is 14.3 Å². The zero-order valence-corrected chi connectivity index (χ0v) is 17.6. The molecule has 0 radical (unpaired) electrons. The Morgan fingerprint density at radius 2 is 1.57 bits per heavy atom. The van der Waals surface area contributed by atoms with Crippen LogP contribution in [0.25, 0.3) is 0 Å². The van der Waals surface area contributed by atoms with Crippen molar-refractivity contribution in [2.24, 2.45) is 11.8 Å². The van der Waals surface area contributed by atoms with E-state index < -0.39 is 0 Å². The van der Waals surface area contributed by atoms with Crippen LogP contribution < -0.4 is 0 Å². The molecule has 3 heterocycles. The van der Waals surface area contributed by atoms with Gasteiger partial charge in [-0.05, 0) is 50.2 Å². The van der Waals surface area contributed by atoms with Gasteiger partial charge in [0.05, 0.1) is 13.2 Å². The SMILES string of the molecule is O=C(C1CC2CCCCC2N1C(=O)c1ccccc1)N1CCC(C2OCCO2)CC1. The number of hydrogen-bond donors (Lipinski definition) is 0. The molecule has 30 heavy (non-hydrogen) atoms. The van der Waals surface area contributed by atoms with Crippen LogP contribution >= 0.6 is 0 Å². The predicted octanol–water partition coefficient (Wildman–Crippen LogP) is 3.07. The summed E-state index contributed by atoms with van der Waals surface area (Å²) in [6.45, 7) is 2.80. The summed E-state index contributed by atoms with van der Waals surface area (Å²) in [4.78, 5) is 31.0. The molecule has 4 fully saturated rings. The summed E-state index contributed by atoms with van der Waals surface area (Å²) in [5.74, 6) is 0.981. The summed E-state index contributed by atoms with van der Waals surface area (Å²) >= 11 is 0. The first-order valence-corrected chi connectivity index (χ1v) is 11.6. The highest BCUT2D eigenvalue weighted by molar-refractivity contribution is 5.98. The van der Waals surface area contributed by atoms with Gasteiger partial charge in [-0.25, -0.2) is 0 Å². The molecule has 1 saturated carbocycles. The van der Waals surface area contributed by atoms with Gasteiger partial charge >= 0.3 is 0 Å². The smallest absolute Gasteiger partial charge is 0.254 e. The summed E-state index contributed by atoms with van der Waals surface area (Å²) in [6.07, 6.45) is 7.03. The molecule has 1 aromatic carbocycles. The highest BCUT2D eigenvalue weighted by Gasteiger charge is 2.49. The van der Waals surface area contributed by atoms with Crippen LogP contribution in [-0.4, -0.2) is 66.3 Å². The van der Waals surface area contributed by atoms with Crippen LogP contribution in [0.1, 0.15) is 55.3 Å². The second-order valence-electron chi connectivity index (χ2n) is 9.21. The zero-order valence-electron chi connectivity index (χ0n) is 17.6. The first kappa shape index (κ1) is 20.0. The number of ether oxygens (including phenoxy) is 2. The van der Waals surface area contributed by atoms with E-state index in [1.807, 2.05) is 40.1 Å².